The van der Waals surface area contributed by atoms with Crippen LogP contribution in [-0.2, 0) is 11.4 Å². The average Bonchev–Trinajstić information content (AvgIpc) is 2.84. The van der Waals surface area contributed by atoms with Gasteiger partial charge in [-0.25, -0.2) is 0 Å². The Bertz CT molecular complexity index is 1460. The number of halogens is 3. The molecule has 0 aliphatic rings. The Morgan fingerprint density at radius 2 is 1.79 bits per heavy atom. The van der Waals surface area contributed by atoms with Crippen LogP contribution in [0.25, 0.3) is 16.8 Å². The monoisotopic (exact) mass is 550 g/mol. The minimum atomic E-state index is -0.605. The number of carbonyl (C=O) groups excluding carboxylic acids is 1. The summed E-state index contributed by atoms with van der Waals surface area (Å²) in [5.74, 6) is -0.0650. The molecule has 0 unspecified atom stereocenters. The summed E-state index contributed by atoms with van der Waals surface area (Å²) in [5, 5.41) is 15.1. The summed E-state index contributed by atoms with van der Waals surface area (Å²) >= 11 is 15.6. The van der Waals surface area contributed by atoms with Crippen molar-refractivity contribution >= 4 is 67.6 Å². The molecule has 0 fully saturated rings. The van der Waals surface area contributed by atoms with E-state index in [0.29, 0.717) is 28.6 Å². The Hall–Kier alpha value is -3.30. The zero-order valence-corrected chi connectivity index (χ0v) is 20.8. The number of hydrogen-bond acceptors (Lipinski definition) is 3. The Kier molecular flexibility index (Phi) is 7.54. The number of benzene rings is 4. The van der Waals surface area contributed by atoms with Gasteiger partial charge in [-0.05, 0) is 58.8 Å². The summed E-state index contributed by atoms with van der Waals surface area (Å²) in [6.07, 6.45) is 1.48. The van der Waals surface area contributed by atoms with E-state index < -0.39 is 5.91 Å². The molecule has 0 spiro atoms. The Morgan fingerprint density at radius 3 is 2.59 bits per heavy atom. The maximum absolute atomic E-state index is 12.8. The van der Waals surface area contributed by atoms with Gasteiger partial charge in [0.25, 0.3) is 5.91 Å². The van der Waals surface area contributed by atoms with Crippen molar-refractivity contribution in [1.82, 2.24) is 0 Å². The number of hydrogen-bond donors (Lipinski definition) is 1. The van der Waals surface area contributed by atoms with Gasteiger partial charge in [0, 0.05) is 10.0 Å². The molecule has 4 nitrogen and oxygen atoms in total. The molecular formula is C27H17BrCl2N2O2. The maximum atomic E-state index is 12.8. The molecule has 34 heavy (non-hydrogen) atoms. The average molecular weight is 552 g/mol. The second-order valence-electron chi connectivity index (χ2n) is 7.38. The first-order valence-electron chi connectivity index (χ1n) is 10.2. The minimum absolute atomic E-state index is 0.107. The fourth-order valence-corrected chi connectivity index (χ4v) is 4.07. The van der Waals surface area contributed by atoms with Crippen LogP contribution < -0.4 is 10.1 Å². The van der Waals surface area contributed by atoms with Gasteiger partial charge in [-0.15, -0.1) is 0 Å². The first-order chi connectivity index (χ1) is 16.4. The van der Waals surface area contributed by atoms with E-state index in [1.54, 1.807) is 30.3 Å². The van der Waals surface area contributed by atoms with Crippen LogP contribution in [-0.4, -0.2) is 5.91 Å². The first-order valence-corrected chi connectivity index (χ1v) is 11.8. The number of nitrogens with one attached hydrogen (secondary N) is 1. The molecule has 0 atom stereocenters. The van der Waals surface area contributed by atoms with E-state index in [1.807, 2.05) is 30.3 Å². The second-order valence-corrected chi connectivity index (χ2v) is 9.08. The van der Waals surface area contributed by atoms with Gasteiger partial charge in [0.05, 0.1) is 15.7 Å². The molecule has 7 heteroatoms. The largest absolute Gasteiger partial charge is 0.488 e. The van der Waals surface area contributed by atoms with Crippen LogP contribution in [0.4, 0.5) is 5.69 Å². The molecule has 0 heterocycles. The number of ether oxygens (including phenoxy) is 1. The van der Waals surface area contributed by atoms with E-state index in [0.717, 1.165) is 20.8 Å². The highest BCUT2D eigenvalue weighted by Gasteiger charge is 2.14. The van der Waals surface area contributed by atoms with Crippen molar-refractivity contribution in [3.8, 4) is 11.8 Å². The molecule has 0 aliphatic carbocycles. The number of nitrogens with zero attached hydrogens (tertiary/aromatic N) is 1. The highest BCUT2D eigenvalue weighted by Crippen LogP contribution is 2.31. The van der Waals surface area contributed by atoms with Crippen molar-refractivity contribution in [2.45, 2.75) is 6.61 Å². The molecule has 0 saturated heterocycles. The number of anilines is 1. The van der Waals surface area contributed by atoms with Crippen LogP contribution >= 0.6 is 39.1 Å². The molecule has 0 saturated carbocycles. The fourth-order valence-electron chi connectivity index (χ4n) is 3.35. The Labute approximate surface area is 215 Å². The smallest absolute Gasteiger partial charge is 0.266 e. The van der Waals surface area contributed by atoms with Gasteiger partial charge in [-0.1, -0.05) is 81.6 Å². The van der Waals surface area contributed by atoms with Crippen LogP contribution in [0.5, 0.6) is 5.75 Å². The van der Waals surface area contributed by atoms with Gasteiger partial charge >= 0.3 is 0 Å². The molecular weight excluding hydrogens is 535 g/mol. The molecule has 168 valence electrons. The third kappa shape index (κ3) is 5.60. The quantitative estimate of drug-likeness (QED) is 0.195. The van der Waals surface area contributed by atoms with Crippen molar-refractivity contribution in [2.75, 3.05) is 5.32 Å². The third-order valence-corrected chi connectivity index (χ3v) is 6.36. The molecule has 0 aromatic heterocycles. The topological polar surface area (TPSA) is 62.1 Å². The van der Waals surface area contributed by atoms with Crippen molar-refractivity contribution in [2.24, 2.45) is 0 Å². The molecule has 4 rings (SSSR count). The van der Waals surface area contributed by atoms with Crippen LogP contribution in [0.15, 0.2) is 88.9 Å². The summed E-state index contributed by atoms with van der Waals surface area (Å²) in [6, 6.07) is 26.5. The van der Waals surface area contributed by atoms with Gasteiger partial charge in [-0.3, -0.25) is 4.79 Å². The SMILES string of the molecule is N#C/C(=C/c1cc(Br)ccc1OCc1ccc2ccccc2c1)C(=O)Nc1cccc(Cl)c1Cl. The Morgan fingerprint density at radius 1 is 1.00 bits per heavy atom. The number of rotatable bonds is 6. The van der Waals surface area contributed by atoms with Gasteiger partial charge in [0.2, 0.25) is 0 Å². The highest BCUT2D eigenvalue weighted by atomic mass is 79.9. The van der Waals surface area contributed by atoms with Crippen LogP contribution in [0, 0.1) is 11.3 Å². The maximum Gasteiger partial charge on any atom is 0.266 e. The van der Waals surface area contributed by atoms with E-state index in [4.69, 9.17) is 27.9 Å². The van der Waals surface area contributed by atoms with Gasteiger partial charge in [0.15, 0.2) is 0 Å². The lowest BCUT2D eigenvalue weighted by atomic mass is 10.1. The molecule has 4 aromatic rings. The van der Waals surface area contributed by atoms with Gasteiger partial charge in [0.1, 0.15) is 24.0 Å². The van der Waals surface area contributed by atoms with Crippen LogP contribution in [0.1, 0.15) is 11.1 Å². The molecule has 0 aliphatic heterocycles. The third-order valence-electron chi connectivity index (χ3n) is 5.04. The molecule has 0 bridgehead atoms. The minimum Gasteiger partial charge on any atom is -0.488 e. The lowest BCUT2D eigenvalue weighted by molar-refractivity contribution is -0.112. The number of carbonyl (C=O) groups is 1. The highest BCUT2D eigenvalue weighted by molar-refractivity contribution is 9.10. The fraction of sp³-hybridized carbons (Fsp3) is 0.0370. The lowest BCUT2D eigenvalue weighted by Crippen LogP contribution is -2.14. The van der Waals surface area contributed by atoms with Crippen LogP contribution in [0.3, 0.4) is 0 Å². The normalized spacial score (nSPS) is 11.2. The van der Waals surface area contributed by atoms with Crippen molar-refractivity contribution < 1.29 is 9.53 Å². The second kappa shape index (κ2) is 10.8. The van der Waals surface area contributed by atoms with E-state index in [9.17, 15) is 10.1 Å². The standard InChI is InChI=1S/C27H17BrCl2N2O2/c28-22-10-11-25(34-16-17-8-9-18-4-1-2-5-19(18)12-17)20(14-22)13-21(15-31)27(33)32-24-7-3-6-23(29)26(24)30/h1-14H,16H2,(H,32,33)/b21-13-. The molecule has 0 radical (unpaired) electrons. The summed E-state index contributed by atoms with van der Waals surface area (Å²) < 4.78 is 6.84. The lowest BCUT2D eigenvalue weighted by Gasteiger charge is -2.12. The summed E-state index contributed by atoms with van der Waals surface area (Å²) in [6.45, 7) is 0.333. The summed E-state index contributed by atoms with van der Waals surface area (Å²) in [5.41, 5.74) is 1.80. The number of amides is 1. The molecule has 1 N–H and O–H groups in total. The zero-order chi connectivity index (χ0) is 24.1. The van der Waals surface area contributed by atoms with Crippen molar-refractivity contribution in [3.63, 3.8) is 0 Å². The molecule has 4 aromatic carbocycles. The predicted molar refractivity (Wildman–Crippen MR) is 141 cm³/mol. The number of nitriles is 1. The predicted octanol–water partition coefficient (Wildman–Crippen LogP) is 8.03. The van der Waals surface area contributed by atoms with E-state index in [-0.39, 0.29) is 10.6 Å². The number of fused-ring (bicyclic) bond motifs is 1. The van der Waals surface area contributed by atoms with Crippen molar-refractivity contribution in [1.29, 1.82) is 5.26 Å². The summed E-state index contributed by atoms with van der Waals surface area (Å²) in [4.78, 5) is 12.8. The van der Waals surface area contributed by atoms with E-state index in [1.165, 1.54) is 6.08 Å². The van der Waals surface area contributed by atoms with Crippen LogP contribution in [0.2, 0.25) is 10.0 Å². The first kappa shape index (κ1) is 23.8. The van der Waals surface area contributed by atoms with Gasteiger partial charge in [-0.2, -0.15) is 5.26 Å². The van der Waals surface area contributed by atoms with Gasteiger partial charge < -0.3 is 10.1 Å². The van der Waals surface area contributed by atoms with E-state index in [2.05, 4.69) is 45.5 Å². The molecule has 1 amide bonds. The Balaban J connectivity index is 1.57. The van der Waals surface area contributed by atoms with Crippen molar-refractivity contribution in [3.05, 3.63) is 110 Å². The summed E-state index contributed by atoms with van der Waals surface area (Å²) in [7, 11) is 0. The zero-order valence-electron chi connectivity index (χ0n) is 17.7. The van der Waals surface area contributed by atoms with E-state index >= 15 is 0 Å².